The van der Waals surface area contributed by atoms with E-state index in [1.54, 1.807) is 11.3 Å². The standard InChI is InChI=1S/C32H36BrN3OS/c1-19-14-20(2)28(21(3)15-19)36-27(22-10-12-23(33)13-11-22)18-38-30(36)35-34-24-16-25(31(4,5)6)29(37)26(17-24)32(7,8)9/h10-18H,1-9H3/b35-30-. The molecule has 2 aromatic carbocycles. The van der Waals surface area contributed by atoms with Gasteiger partial charge in [-0.3, -0.25) is 9.36 Å². The van der Waals surface area contributed by atoms with E-state index in [1.165, 1.54) is 16.7 Å². The molecule has 1 aromatic heterocycles. The zero-order chi connectivity index (χ0) is 28.0. The summed E-state index contributed by atoms with van der Waals surface area (Å²) in [5.41, 5.74) is 8.51. The van der Waals surface area contributed by atoms with Crippen molar-refractivity contribution in [3.63, 3.8) is 0 Å². The number of hydrogen-bond acceptors (Lipinski definition) is 4. The van der Waals surface area contributed by atoms with Gasteiger partial charge < -0.3 is 0 Å². The molecule has 0 radical (unpaired) electrons. The number of halogens is 1. The number of allylic oxidation sites excluding steroid dienone is 4. The molecule has 0 unspecified atom stereocenters. The second kappa shape index (κ2) is 10.4. The lowest BCUT2D eigenvalue weighted by Gasteiger charge is -2.30. The fraction of sp³-hybridized carbons (Fsp3) is 0.344. The third-order valence-corrected chi connectivity index (χ3v) is 7.99. The van der Waals surface area contributed by atoms with E-state index in [9.17, 15) is 4.79 Å². The number of aromatic nitrogens is 1. The second-order valence-electron chi connectivity index (χ2n) is 12.1. The summed E-state index contributed by atoms with van der Waals surface area (Å²) >= 11 is 5.12. The highest BCUT2D eigenvalue weighted by atomic mass is 79.9. The smallest absolute Gasteiger partial charge is 0.215 e. The number of thiazole rings is 1. The summed E-state index contributed by atoms with van der Waals surface area (Å²) in [6, 6.07) is 12.7. The van der Waals surface area contributed by atoms with Crippen molar-refractivity contribution in [1.29, 1.82) is 0 Å². The average Bonchev–Trinajstić information content (AvgIpc) is 3.20. The number of carbonyl (C=O) groups is 1. The summed E-state index contributed by atoms with van der Waals surface area (Å²) in [5, 5.41) is 11.6. The van der Waals surface area contributed by atoms with Crippen LogP contribution in [-0.2, 0) is 4.79 Å². The minimum absolute atomic E-state index is 0.0959. The first-order valence-corrected chi connectivity index (χ1v) is 14.5. The summed E-state index contributed by atoms with van der Waals surface area (Å²) in [5.74, 6) is 0.0959. The molecule has 6 heteroatoms. The summed E-state index contributed by atoms with van der Waals surface area (Å²) < 4.78 is 3.25. The first-order valence-electron chi connectivity index (χ1n) is 12.8. The van der Waals surface area contributed by atoms with Gasteiger partial charge in [0.1, 0.15) is 0 Å². The number of carbonyl (C=O) groups excluding carboxylic acids is 1. The maximum atomic E-state index is 13.3. The minimum Gasteiger partial charge on any atom is -0.289 e. The lowest BCUT2D eigenvalue weighted by molar-refractivity contribution is -0.114. The third-order valence-electron chi connectivity index (χ3n) is 6.65. The summed E-state index contributed by atoms with van der Waals surface area (Å²) in [7, 11) is 0. The van der Waals surface area contributed by atoms with Crippen LogP contribution < -0.4 is 4.80 Å². The molecule has 0 saturated heterocycles. The van der Waals surface area contributed by atoms with Crippen molar-refractivity contribution in [2.75, 3.05) is 0 Å². The van der Waals surface area contributed by atoms with Crippen LogP contribution in [0.5, 0.6) is 0 Å². The SMILES string of the molecule is Cc1cc(C)c(-n2c(-c3ccc(Br)cc3)cs/c2=N\N=C2C=C(C(C)(C)C)C(=O)C(C(C)(C)C)=C2)c(C)c1. The Kier molecular flexibility index (Phi) is 7.70. The molecule has 1 aliphatic carbocycles. The zero-order valence-electron chi connectivity index (χ0n) is 23.7. The average molecular weight is 591 g/mol. The van der Waals surface area contributed by atoms with Gasteiger partial charge in [-0.25, -0.2) is 0 Å². The predicted molar refractivity (Wildman–Crippen MR) is 164 cm³/mol. The fourth-order valence-electron chi connectivity index (χ4n) is 4.83. The number of aryl methyl sites for hydroxylation is 3. The van der Waals surface area contributed by atoms with Gasteiger partial charge in [0, 0.05) is 21.0 Å². The number of ketones is 1. The number of benzene rings is 2. The van der Waals surface area contributed by atoms with E-state index in [0.717, 1.165) is 37.4 Å². The number of Topliss-reactive ketones (excluding diaryl/α,β-unsaturated/α-hetero) is 1. The van der Waals surface area contributed by atoms with Gasteiger partial charge in [0.25, 0.3) is 0 Å². The van der Waals surface area contributed by atoms with E-state index in [0.29, 0.717) is 5.71 Å². The molecule has 1 aliphatic rings. The van der Waals surface area contributed by atoms with Gasteiger partial charge in [-0.2, -0.15) is 0 Å². The highest BCUT2D eigenvalue weighted by molar-refractivity contribution is 9.10. The largest absolute Gasteiger partial charge is 0.289 e. The van der Waals surface area contributed by atoms with Crippen molar-refractivity contribution in [2.24, 2.45) is 21.0 Å². The molecular weight excluding hydrogens is 554 g/mol. The van der Waals surface area contributed by atoms with Gasteiger partial charge in [0.05, 0.1) is 17.1 Å². The van der Waals surface area contributed by atoms with Crippen LogP contribution in [0.1, 0.15) is 58.2 Å². The maximum Gasteiger partial charge on any atom is 0.215 e. The van der Waals surface area contributed by atoms with E-state index in [4.69, 9.17) is 10.2 Å². The Bertz CT molecular complexity index is 1510. The highest BCUT2D eigenvalue weighted by Gasteiger charge is 2.34. The lowest BCUT2D eigenvalue weighted by Crippen LogP contribution is -2.29. The van der Waals surface area contributed by atoms with Crippen LogP contribution in [0, 0.1) is 31.6 Å². The van der Waals surface area contributed by atoms with Crippen molar-refractivity contribution in [3.05, 3.63) is 91.0 Å². The Morgan fingerprint density at radius 2 is 1.34 bits per heavy atom. The van der Waals surface area contributed by atoms with E-state index < -0.39 is 0 Å². The fourth-order valence-corrected chi connectivity index (χ4v) is 5.94. The molecular formula is C32H36BrN3OS. The monoisotopic (exact) mass is 589 g/mol. The van der Waals surface area contributed by atoms with E-state index in [2.05, 4.69) is 125 Å². The summed E-state index contributed by atoms with van der Waals surface area (Å²) in [6.45, 7) is 18.8. The van der Waals surface area contributed by atoms with Crippen LogP contribution in [-0.4, -0.2) is 16.1 Å². The Hall–Kier alpha value is -2.83. The van der Waals surface area contributed by atoms with Crippen LogP contribution in [0.25, 0.3) is 16.9 Å². The first kappa shape index (κ1) is 28.2. The molecule has 0 atom stereocenters. The molecule has 1 heterocycles. The molecule has 0 amide bonds. The molecule has 0 N–H and O–H groups in total. The van der Waals surface area contributed by atoms with Crippen molar-refractivity contribution in [3.8, 4) is 16.9 Å². The quantitative estimate of drug-likeness (QED) is 0.222. The Morgan fingerprint density at radius 3 is 1.84 bits per heavy atom. The molecule has 198 valence electrons. The van der Waals surface area contributed by atoms with Crippen LogP contribution >= 0.6 is 27.3 Å². The molecule has 4 rings (SSSR count). The molecule has 4 nitrogen and oxygen atoms in total. The molecule has 0 spiro atoms. The van der Waals surface area contributed by atoms with Crippen LogP contribution in [0.3, 0.4) is 0 Å². The zero-order valence-corrected chi connectivity index (χ0v) is 26.1. The minimum atomic E-state index is -0.295. The second-order valence-corrected chi connectivity index (χ2v) is 13.8. The maximum absolute atomic E-state index is 13.3. The normalized spacial score (nSPS) is 15.1. The van der Waals surface area contributed by atoms with Crippen LogP contribution in [0.15, 0.2) is 79.8 Å². The Balaban J connectivity index is 1.98. The molecule has 0 aliphatic heterocycles. The van der Waals surface area contributed by atoms with Crippen LogP contribution in [0.4, 0.5) is 0 Å². The van der Waals surface area contributed by atoms with Crippen molar-refractivity contribution < 1.29 is 4.79 Å². The molecule has 0 fully saturated rings. The van der Waals surface area contributed by atoms with Gasteiger partial charge in [0.15, 0.2) is 5.78 Å². The molecule has 3 aromatic rings. The highest BCUT2D eigenvalue weighted by Crippen LogP contribution is 2.37. The van der Waals surface area contributed by atoms with Gasteiger partial charge in [-0.05, 0) is 72.6 Å². The van der Waals surface area contributed by atoms with E-state index in [1.807, 2.05) is 12.2 Å². The molecule has 0 bridgehead atoms. The summed E-state index contributed by atoms with van der Waals surface area (Å²) in [4.78, 5) is 14.1. The van der Waals surface area contributed by atoms with Crippen molar-refractivity contribution in [2.45, 2.75) is 62.3 Å². The van der Waals surface area contributed by atoms with Crippen molar-refractivity contribution >= 4 is 38.8 Å². The van der Waals surface area contributed by atoms with Crippen LogP contribution in [0.2, 0.25) is 0 Å². The number of rotatable bonds is 3. The predicted octanol–water partition coefficient (Wildman–Crippen LogP) is 8.68. The van der Waals surface area contributed by atoms with Gasteiger partial charge in [-0.15, -0.1) is 21.5 Å². The van der Waals surface area contributed by atoms with Crippen molar-refractivity contribution in [1.82, 2.24) is 4.57 Å². The Labute approximate surface area is 238 Å². The Morgan fingerprint density at radius 1 is 0.816 bits per heavy atom. The summed E-state index contributed by atoms with van der Waals surface area (Å²) in [6.07, 6.45) is 3.80. The van der Waals surface area contributed by atoms with Gasteiger partial charge >= 0.3 is 0 Å². The number of hydrogen-bond donors (Lipinski definition) is 0. The van der Waals surface area contributed by atoms with E-state index >= 15 is 0 Å². The number of nitrogens with zero attached hydrogens (tertiary/aromatic N) is 3. The topological polar surface area (TPSA) is 46.7 Å². The van der Waals surface area contributed by atoms with E-state index in [-0.39, 0.29) is 16.6 Å². The first-order chi connectivity index (χ1) is 17.7. The van der Waals surface area contributed by atoms with Gasteiger partial charge in [0.2, 0.25) is 4.80 Å². The van der Waals surface area contributed by atoms with Gasteiger partial charge in [-0.1, -0.05) is 87.3 Å². The molecule has 38 heavy (non-hydrogen) atoms. The lowest BCUT2D eigenvalue weighted by atomic mass is 9.72. The third kappa shape index (κ3) is 5.76. The molecule has 0 saturated carbocycles.